The molecule has 0 aliphatic rings. The fourth-order valence-corrected chi connectivity index (χ4v) is 7.66. The van der Waals surface area contributed by atoms with Crippen molar-refractivity contribution in [3.05, 3.63) is 224 Å². The molecule has 9 aromatic carbocycles. The zero-order valence-corrected chi connectivity index (χ0v) is 29.3. The zero-order valence-electron chi connectivity index (χ0n) is 29.3. The Kier molecular flexibility index (Phi) is 8.66. The lowest BCUT2D eigenvalue weighted by atomic mass is 9.88. The molecular weight excluding hydrogens is 639 g/mol. The topological polar surface area (TPSA) is 3.24 Å². The highest BCUT2D eigenvalue weighted by molar-refractivity contribution is 6.01. The summed E-state index contributed by atoms with van der Waals surface area (Å²) < 4.78 is 0. The number of rotatable bonds is 8. The van der Waals surface area contributed by atoms with Gasteiger partial charge in [0.1, 0.15) is 0 Å². The summed E-state index contributed by atoms with van der Waals surface area (Å²) >= 11 is 0. The van der Waals surface area contributed by atoms with Crippen LogP contribution in [0.4, 0.5) is 17.1 Å². The highest BCUT2D eigenvalue weighted by Crippen LogP contribution is 2.48. The molecule has 0 aromatic heterocycles. The summed E-state index contributed by atoms with van der Waals surface area (Å²) in [5.41, 5.74) is 15.2. The first kappa shape index (κ1) is 32.0. The first-order valence-electron chi connectivity index (χ1n) is 18.2. The molecule has 250 valence electrons. The smallest absolute Gasteiger partial charge is 0.0540 e. The van der Waals surface area contributed by atoms with Gasteiger partial charge in [-0.25, -0.2) is 0 Å². The van der Waals surface area contributed by atoms with Crippen molar-refractivity contribution in [1.82, 2.24) is 0 Å². The molecule has 0 unspecified atom stereocenters. The maximum Gasteiger partial charge on any atom is 0.0540 e. The first-order chi connectivity index (χ1) is 26.3. The van der Waals surface area contributed by atoms with Crippen molar-refractivity contribution in [2.24, 2.45) is 0 Å². The lowest BCUT2D eigenvalue weighted by Gasteiger charge is -2.30. The number of para-hydroxylation sites is 2. The van der Waals surface area contributed by atoms with Gasteiger partial charge in [0, 0.05) is 16.8 Å². The van der Waals surface area contributed by atoms with Gasteiger partial charge < -0.3 is 4.90 Å². The lowest BCUT2D eigenvalue weighted by molar-refractivity contribution is 1.28. The maximum absolute atomic E-state index is 2.45. The Morgan fingerprint density at radius 3 is 1.36 bits per heavy atom. The zero-order chi connectivity index (χ0) is 35.4. The van der Waals surface area contributed by atoms with Crippen molar-refractivity contribution < 1.29 is 0 Å². The molecule has 9 aromatic rings. The van der Waals surface area contributed by atoms with Crippen molar-refractivity contribution in [3.63, 3.8) is 0 Å². The van der Waals surface area contributed by atoms with Crippen molar-refractivity contribution in [3.8, 4) is 55.6 Å². The van der Waals surface area contributed by atoms with Gasteiger partial charge >= 0.3 is 0 Å². The van der Waals surface area contributed by atoms with Crippen molar-refractivity contribution >= 4 is 27.8 Å². The van der Waals surface area contributed by atoms with Crippen LogP contribution in [-0.2, 0) is 0 Å². The summed E-state index contributed by atoms with van der Waals surface area (Å²) in [6, 6.07) is 80.9. The van der Waals surface area contributed by atoms with E-state index in [2.05, 4.69) is 229 Å². The quantitative estimate of drug-likeness (QED) is 0.155. The molecule has 0 aliphatic carbocycles. The van der Waals surface area contributed by atoms with Crippen LogP contribution in [0.25, 0.3) is 66.4 Å². The molecule has 9 rings (SSSR count). The van der Waals surface area contributed by atoms with Crippen molar-refractivity contribution in [2.45, 2.75) is 0 Å². The molecule has 0 heterocycles. The standard InChI is InChI=1S/C52H37N/c1-3-19-38(20-4-1)44-28-9-10-30-47(44)48-31-11-12-32-49(48)50-33-14-16-36-52(50)53(51-35-15-13-29-46(51)40-21-5-2-6-22-40)42-26-17-25-41(37-42)45-34-18-24-39-23-7-8-27-43(39)45/h1-37H. The molecule has 53 heavy (non-hydrogen) atoms. The average Bonchev–Trinajstić information content (AvgIpc) is 3.25. The Bertz CT molecular complexity index is 2670. The summed E-state index contributed by atoms with van der Waals surface area (Å²) in [5, 5.41) is 2.48. The molecular formula is C52H37N. The molecule has 0 spiro atoms. The Balaban J connectivity index is 1.28. The lowest BCUT2D eigenvalue weighted by Crippen LogP contribution is -2.12. The Morgan fingerprint density at radius 2 is 0.660 bits per heavy atom. The number of benzene rings is 9. The summed E-state index contributed by atoms with van der Waals surface area (Å²) in [4.78, 5) is 2.45. The predicted molar refractivity (Wildman–Crippen MR) is 226 cm³/mol. The summed E-state index contributed by atoms with van der Waals surface area (Å²) in [5.74, 6) is 0. The number of hydrogen-bond acceptors (Lipinski definition) is 1. The van der Waals surface area contributed by atoms with E-state index >= 15 is 0 Å². The van der Waals surface area contributed by atoms with E-state index < -0.39 is 0 Å². The van der Waals surface area contributed by atoms with E-state index in [1.54, 1.807) is 0 Å². The van der Waals surface area contributed by atoms with Crippen LogP contribution in [0.3, 0.4) is 0 Å². The normalized spacial score (nSPS) is 11.0. The van der Waals surface area contributed by atoms with Gasteiger partial charge in [-0.05, 0) is 79.5 Å². The molecule has 0 radical (unpaired) electrons. The monoisotopic (exact) mass is 675 g/mol. The molecule has 1 nitrogen and oxygen atoms in total. The maximum atomic E-state index is 2.45. The Morgan fingerprint density at radius 1 is 0.245 bits per heavy atom. The van der Waals surface area contributed by atoms with Crippen molar-refractivity contribution in [1.29, 1.82) is 0 Å². The molecule has 0 bridgehead atoms. The molecule has 0 fully saturated rings. The van der Waals surface area contributed by atoms with Gasteiger partial charge in [0.05, 0.1) is 11.4 Å². The van der Waals surface area contributed by atoms with Gasteiger partial charge in [0.2, 0.25) is 0 Å². The van der Waals surface area contributed by atoms with Crippen LogP contribution in [0.2, 0.25) is 0 Å². The van der Waals surface area contributed by atoms with Crippen LogP contribution in [-0.4, -0.2) is 0 Å². The minimum atomic E-state index is 1.09. The molecule has 0 saturated heterocycles. The number of anilines is 3. The fraction of sp³-hybridized carbons (Fsp3) is 0. The van der Waals surface area contributed by atoms with Crippen molar-refractivity contribution in [2.75, 3.05) is 4.90 Å². The van der Waals surface area contributed by atoms with E-state index in [-0.39, 0.29) is 0 Å². The van der Waals surface area contributed by atoms with Crippen LogP contribution in [0.1, 0.15) is 0 Å². The van der Waals surface area contributed by atoms with Gasteiger partial charge in [0.25, 0.3) is 0 Å². The summed E-state index contributed by atoms with van der Waals surface area (Å²) in [7, 11) is 0. The second-order valence-corrected chi connectivity index (χ2v) is 13.3. The summed E-state index contributed by atoms with van der Waals surface area (Å²) in [6.07, 6.45) is 0. The first-order valence-corrected chi connectivity index (χ1v) is 18.2. The van der Waals surface area contributed by atoms with Gasteiger partial charge in [0.15, 0.2) is 0 Å². The average molecular weight is 676 g/mol. The van der Waals surface area contributed by atoms with Gasteiger partial charge in [-0.2, -0.15) is 0 Å². The minimum Gasteiger partial charge on any atom is -0.309 e. The van der Waals surface area contributed by atoms with E-state index in [0.717, 1.165) is 22.6 Å². The van der Waals surface area contributed by atoms with E-state index in [1.165, 1.54) is 60.8 Å². The molecule has 0 aliphatic heterocycles. The van der Waals surface area contributed by atoms with Crippen LogP contribution in [0, 0.1) is 0 Å². The second kappa shape index (κ2) is 14.3. The predicted octanol–water partition coefficient (Wildman–Crippen LogP) is 14.6. The van der Waals surface area contributed by atoms with Crippen LogP contribution in [0.5, 0.6) is 0 Å². The third kappa shape index (κ3) is 6.20. The molecule has 0 atom stereocenters. The molecule has 0 saturated carbocycles. The number of fused-ring (bicyclic) bond motifs is 1. The number of hydrogen-bond donors (Lipinski definition) is 0. The third-order valence-electron chi connectivity index (χ3n) is 10.1. The Hall–Kier alpha value is -6.96. The van der Waals surface area contributed by atoms with Crippen LogP contribution in [0.15, 0.2) is 224 Å². The van der Waals surface area contributed by atoms with E-state index in [9.17, 15) is 0 Å². The van der Waals surface area contributed by atoms with Crippen LogP contribution < -0.4 is 4.90 Å². The summed E-state index contributed by atoms with van der Waals surface area (Å²) in [6.45, 7) is 0. The third-order valence-corrected chi connectivity index (χ3v) is 10.1. The van der Waals surface area contributed by atoms with E-state index in [1.807, 2.05) is 0 Å². The molecule has 0 N–H and O–H groups in total. The van der Waals surface area contributed by atoms with Gasteiger partial charge in [-0.15, -0.1) is 0 Å². The molecule has 1 heteroatoms. The highest BCUT2D eigenvalue weighted by atomic mass is 15.1. The van der Waals surface area contributed by atoms with E-state index in [4.69, 9.17) is 0 Å². The van der Waals surface area contributed by atoms with Gasteiger partial charge in [-0.1, -0.05) is 200 Å². The second-order valence-electron chi connectivity index (χ2n) is 13.3. The number of nitrogens with zero attached hydrogens (tertiary/aromatic N) is 1. The SMILES string of the molecule is c1ccc(-c2ccccc2-c2ccccc2-c2ccccc2N(c2cccc(-c3cccc4ccccc34)c2)c2ccccc2-c2ccccc2)cc1. The van der Waals surface area contributed by atoms with Crippen LogP contribution >= 0.6 is 0 Å². The molecule has 0 amide bonds. The fourth-order valence-electron chi connectivity index (χ4n) is 7.66. The Labute approximate surface area is 311 Å². The van der Waals surface area contributed by atoms with Gasteiger partial charge in [-0.3, -0.25) is 0 Å². The highest BCUT2D eigenvalue weighted by Gasteiger charge is 2.22. The largest absolute Gasteiger partial charge is 0.309 e. The van der Waals surface area contributed by atoms with E-state index in [0.29, 0.717) is 0 Å². The minimum absolute atomic E-state index is 1.09.